The Labute approximate surface area is 176 Å². The molecule has 0 aliphatic rings. The van der Waals surface area contributed by atoms with Gasteiger partial charge >= 0.3 is 0 Å². The highest BCUT2D eigenvalue weighted by Crippen LogP contribution is 2.39. The summed E-state index contributed by atoms with van der Waals surface area (Å²) in [7, 11) is -2.38. The molecule has 4 aromatic rings. The molecule has 1 aromatic heterocycles. The van der Waals surface area contributed by atoms with Crippen LogP contribution in [0.1, 0.15) is 0 Å². The number of nitrogens with two attached hydrogens (primary N) is 1. The largest absolute Gasteiger partial charge is 0.504 e. The van der Waals surface area contributed by atoms with E-state index in [2.05, 4.69) is 0 Å². The van der Waals surface area contributed by atoms with Crippen LogP contribution in [0.15, 0.2) is 76.4 Å². The first-order valence-corrected chi connectivity index (χ1v) is 11.2. The number of rotatable bonds is 4. The fraction of sp³-hybridized carbons (Fsp3) is 0.0455. The van der Waals surface area contributed by atoms with Crippen LogP contribution in [0, 0.1) is 0 Å². The van der Waals surface area contributed by atoms with E-state index in [1.54, 1.807) is 36.4 Å². The van der Waals surface area contributed by atoms with Crippen molar-refractivity contribution in [1.82, 2.24) is 0 Å². The molecule has 4 rings (SSSR count). The highest BCUT2D eigenvalue weighted by Gasteiger charge is 2.18. The van der Waals surface area contributed by atoms with Gasteiger partial charge in [-0.05, 0) is 47.5 Å². The molecule has 3 N–H and O–H groups in total. The fourth-order valence-corrected chi connectivity index (χ4v) is 4.97. The molecule has 0 fully saturated rings. The van der Waals surface area contributed by atoms with Crippen molar-refractivity contribution >= 4 is 31.4 Å². The molecule has 0 amide bonds. The first-order chi connectivity index (χ1) is 14.3. The SMILES string of the molecule is COc1ccc(-c2c(-c3ccc(S(N)(=O)=O)cc3)sc3ccccc3c2=O)cc1O. The molecule has 0 aliphatic heterocycles. The van der Waals surface area contributed by atoms with Gasteiger partial charge in [-0.25, -0.2) is 13.6 Å². The van der Waals surface area contributed by atoms with Gasteiger partial charge in [-0.2, -0.15) is 0 Å². The van der Waals surface area contributed by atoms with Crippen LogP contribution in [-0.2, 0) is 10.0 Å². The van der Waals surface area contributed by atoms with Crippen LogP contribution in [0.25, 0.3) is 31.7 Å². The number of hydrogen-bond donors (Lipinski definition) is 2. The predicted molar refractivity (Wildman–Crippen MR) is 119 cm³/mol. The maximum Gasteiger partial charge on any atom is 0.238 e. The lowest BCUT2D eigenvalue weighted by Gasteiger charge is -2.12. The van der Waals surface area contributed by atoms with Crippen LogP contribution in [0.2, 0.25) is 0 Å². The Hall–Kier alpha value is -3.20. The molecule has 0 unspecified atom stereocenters. The number of methoxy groups -OCH3 is 1. The molecule has 0 spiro atoms. The Morgan fingerprint density at radius 3 is 2.27 bits per heavy atom. The van der Waals surface area contributed by atoms with Crippen molar-refractivity contribution < 1.29 is 18.3 Å². The van der Waals surface area contributed by atoms with Gasteiger partial charge in [0.25, 0.3) is 0 Å². The lowest BCUT2D eigenvalue weighted by molar-refractivity contribution is 0.373. The second-order valence-corrected chi connectivity index (χ2v) is 9.20. The smallest absolute Gasteiger partial charge is 0.238 e. The fourth-order valence-electron chi connectivity index (χ4n) is 3.25. The first-order valence-electron chi connectivity index (χ1n) is 8.86. The Bertz CT molecular complexity index is 1420. The molecule has 0 aliphatic carbocycles. The quantitative estimate of drug-likeness (QED) is 0.501. The van der Waals surface area contributed by atoms with E-state index in [-0.39, 0.29) is 16.1 Å². The van der Waals surface area contributed by atoms with Gasteiger partial charge in [0.2, 0.25) is 10.0 Å². The van der Waals surface area contributed by atoms with Gasteiger partial charge in [0.15, 0.2) is 16.9 Å². The number of sulfonamides is 1. The van der Waals surface area contributed by atoms with Gasteiger partial charge in [0.1, 0.15) is 0 Å². The lowest BCUT2D eigenvalue weighted by Crippen LogP contribution is -2.11. The second kappa shape index (κ2) is 7.56. The van der Waals surface area contributed by atoms with Crippen molar-refractivity contribution in [1.29, 1.82) is 0 Å². The molecule has 0 saturated carbocycles. The first kappa shape index (κ1) is 20.1. The van der Waals surface area contributed by atoms with E-state index in [0.717, 1.165) is 4.70 Å². The second-order valence-electron chi connectivity index (χ2n) is 6.59. The summed E-state index contributed by atoms with van der Waals surface area (Å²) in [6.45, 7) is 0. The Balaban J connectivity index is 2.02. The lowest BCUT2D eigenvalue weighted by atomic mass is 10.00. The number of phenolic OH excluding ortho intramolecular Hbond substituents is 1. The molecule has 0 atom stereocenters. The number of hydrogen-bond acceptors (Lipinski definition) is 6. The van der Waals surface area contributed by atoms with Crippen LogP contribution in [0.3, 0.4) is 0 Å². The highest BCUT2D eigenvalue weighted by atomic mass is 32.2. The maximum absolute atomic E-state index is 13.4. The van der Waals surface area contributed by atoms with E-state index in [1.807, 2.05) is 12.1 Å². The van der Waals surface area contributed by atoms with Crippen LogP contribution in [0.5, 0.6) is 11.5 Å². The highest BCUT2D eigenvalue weighted by molar-refractivity contribution is 7.89. The Kier molecular flexibility index (Phi) is 5.07. The van der Waals surface area contributed by atoms with E-state index in [1.165, 1.54) is 36.6 Å². The number of aromatic hydroxyl groups is 1. The Morgan fingerprint density at radius 2 is 1.63 bits per heavy atom. The molecular weight excluding hydrogens is 422 g/mol. The summed E-state index contributed by atoms with van der Waals surface area (Å²) in [5.41, 5.74) is 1.44. The molecule has 3 aromatic carbocycles. The third-order valence-electron chi connectivity index (χ3n) is 4.71. The van der Waals surface area contributed by atoms with Crippen molar-refractivity contribution in [3.8, 4) is 33.1 Å². The van der Waals surface area contributed by atoms with Gasteiger partial charge in [-0.15, -0.1) is 11.3 Å². The molecule has 30 heavy (non-hydrogen) atoms. The van der Waals surface area contributed by atoms with E-state index < -0.39 is 10.0 Å². The molecule has 152 valence electrons. The summed E-state index contributed by atoms with van der Waals surface area (Å²) in [6.07, 6.45) is 0. The minimum atomic E-state index is -3.83. The van der Waals surface area contributed by atoms with Crippen molar-refractivity contribution in [2.24, 2.45) is 5.14 Å². The van der Waals surface area contributed by atoms with E-state index in [0.29, 0.717) is 32.7 Å². The van der Waals surface area contributed by atoms with Crippen molar-refractivity contribution in [2.45, 2.75) is 4.90 Å². The zero-order chi connectivity index (χ0) is 21.5. The monoisotopic (exact) mass is 439 g/mol. The zero-order valence-corrected chi connectivity index (χ0v) is 17.5. The molecule has 1 heterocycles. The Morgan fingerprint density at radius 1 is 0.967 bits per heavy atom. The molecule has 8 heteroatoms. The van der Waals surface area contributed by atoms with Crippen molar-refractivity contribution in [3.63, 3.8) is 0 Å². The van der Waals surface area contributed by atoms with Gasteiger partial charge < -0.3 is 9.84 Å². The third-order valence-corrected chi connectivity index (χ3v) is 6.86. The van der Waals surface area contributed by atoms with Gasteiger partial charge in [0.05, 0.1) is 12.0 Å². The topological polar surface area (TPSA) is 107 Å². The average molecular weight is 440 g/mol. The van der Waals surface area contributed by atoms with Gasteiger partial charge in [0, 0.05) is 20.5 Å². The third kappa shape index (κ3) is 3.56. The zero-order valence-electron chi connectivity index (χ0n) is 15.8. The maximum atomic E-state index is 13.4. The summed E-state index contributed by atoms with van der Waals surface area (Å²) in [4.78, 5) is 14.0. The number of primary sulfonamides is 1. The van der Waals surface area contributed by atoms with E-state index in [4.69, 9.17) is 9.88 Å². The summed E-state index contributed by atoms with van der Waals surface area (Å²) in [5.74, 6) is 0.220. The number of benzene rings is 3. The van der Waals surface area contributed by atoms with E-state index in [9.17, 15) is 18.3 Å². The van der Waals surface area contributed by atoms with Crippen LogP contribution < -0.4 is 15.3 Å². The summed E-state index contributed by atoms with van der Waals surface area (Å²) in [6, 6.07) is 18.1. The van der Waals surface area contributed by atoms with Crippen LogP contribution in [-0.4, -0.2) is 20.6 Å². The van der Waals surface area contributed by atoms with Crippen LogP contribution >= 0.6 is 11.3 Å². The van der Waals surface area contributed by atoms with E-state index >= 15 is 0 Å². The molecule has 0 radical (unpaired) electrons. The molecule has 0 bridgehead atoms. The van der Waals surface area contributed by atoms with Crippen LogP contribution in [0.4, 0.5) is 0 Å². The molecule has 0 saturated heterocycles. The average Bonchev–Trinajstić information content (AvgIpc) is 2.73. The standard InChI is InChI=1S/C22H17NO5S2/c1-28-18-11-8-14(12-17(18)24)20-21(25)16-4-2-3-5-19(16)29-22(20)13-6-9-15(10-7-13)30(23,26)27/h2-12,24H,1H3,(H2,23,26,27). The van der Waals surface area contributed by atoms with Gasteiger partial charge in [-0.3, -0.25) is 4.79 Å². The predicted octanol–water partition coefficient (Wildman–Crippen LogP) is 3.96. The molecular formula is C22H17NO5S2. The number of ether oxygens (including phenoxy) is 1. The van der Waals surface area contributed by atoms with Gasteiger partial charge in [-0.1, -0.05) is 30.3 Å². The van der Waals surface area contributed by atoms with Crippen molar-refractivity contribution in [2.75, 3.05) is 7.11 Å². The minimum absolute atomic E-state index is 0.0111. The number of fused-ring (bicyclic) bond motifs is 1. The van der Waals surface area contributed by atoms with Crippen molar-refractivity contribution in [3.05, 3.63) is 77.0 Å². The summed E-state index contributed by atoms with van der Waals surface area (Å²) >= 11 is 1.41. The molecule has 6 nitrogen and oxygen atoms in total. The summed E-state index contributed by atoms with van der Waals surface area (Å²) in [5, 5.41) is 16.0. The summed E-state index contributed by atoms with van der Waals surface area (Å²) < 4.78 is 29.1. The normalized spacial score (nSPS) is 11.5. The number of phenols is 1. The minimum Gasteiger partial charge on any atom is -0.504 e.